The molecule has 0 saturated carbocycles. The van der Waals surface area contributed by atoms with Crippen molar-refractivity contribution in [1.29, 1.82) is 0 Å². The average Bonchev–Trinajstić information content (AvgIpc) is 3.13. The first-order valence-electron chi connectivity index (χ1n) is 10.2. The molecule has 1 aromatic carbocycles. The van der Waals surface area contributed by atoms with E-state index in [1.165, 1.54) is 12.1 Å². The van der Waals surface area contributed by atoms with Gasteiger partial charge in [-0.25, -0.2) is 13.9 Å². The number of hydrogen-bond acceptors (Lipinski definition) is 5. The van der Waals surface area contributed by atoms with E-state index in [1.807, 2.05) is 28.8 Å². The fourth-order valence-electron chi connectivity index (χ4n) is 4.18. The summed E-state index contributed by atoms with van der Waals surface area (Å²) in [7, 11) is 0. The Kier molecular flexibility index (Phi) is 4.67. The Morgan fingerprint density at radius 2 is 1.60 bits per heavy atom. The molecule has 0 spiro atoms. The number of hydrogen-bond donors (Lipinski definition) is 1. The predicted octanol–water partition coefficient (Wildman–Crippen LogP) is 3.78. The second-order valence-corrected chi connectivity index (χ2v) is 7.89. The number of benzene rings is 1. The number of nitrogens with one attached hydrogen (secondary N) is 1. The summed E-state index contributed by atoms with van der Waals surface area (Å²) in [6.45, 7) is 6.17. The Bertz CT molecular complexity index is 1160. The molecular formula is C23H23FN6. The highest BCUT2D eigenvalue weighted by Crippen LogP contribution is 2.33. The summed E-state index contributed by atoms with van der Waals surface area (Å²) < 4.78 is 15.4. The minimum Gasteiger partial charge on any atom is -0.352 e. The molecule has 152 valence electrons. The third kappa shape index (κ3) is 3.41. The Balaban J connectivity index is 1.68. The van der Waals surface area contributed by atoms with Crippen LogP contribution < -0.4 is 10.2 Å². The molecule has 4 aromatic rings. The van der Waals surface area contributed by atoms with E-state index in [9.17, 15) is 4.39 Å². The first-order valence-corrected chi connectivity index (χ1v) is 10.2. The van der Waals surface area contributed by atoms with Gasteiger partial charge >= 0.3 is 0 Å². The Morgan fingerprint density at radius 1 is 0.900 bits per heavy atom. The molecule has 0 amide bonds. The van der Waals surface area contributed by atoms with Gasteiger partial charge in [-0.1, -0.05) is 0 Å². The van der Waals surface area contributed by atoms with Crippen molar-refractivity contribution in [1.82, 2.24) is 24.9 Å². The molecule has 0 unspecified atom stereocenters. The summed E-state index contributed by atoms with van der Waals surface area (Å²) in [4.78, 5) is 11.3. The Hall–Kier alpha value is -3.32. The molecule has 1 saturated heterocycles. The molecule has 6 nitrogen and oxygen atoms in total. The lowest BCUT2D eigenvalue weighted by Crippen LogP contribution is -2.54. The molecule has 1 aliphatic heterocycles. The minimum atomic E-state index is -0.268. The van der Waals surface area contributed by atoms with Crippen LogP contribution in [0.5, 0.6) is 0 Å². The number of fused-ring (bicyclic) bond motifs is 1. The topological polar surface area (TPSA) is 58.4 Å². The summed E-state index contributed by atoms with van der Waals surface area (Å²) in [5, 5.41) is 8.52. The number of aromatic nitrogens is 4. The maximum absolute atomic E-state index is 13.5. The van der Waals surface area contributed by atoms with Gasteiger partial charge in [-0.3, -0.25) is 4.98 Å². The minimum absolute atomic E-state index is 0.268. The fourth-order valence-corrected chi connectivity index (χ4v) is 4.18. The van der Waals surface area contributed by atoms with Crippen molar-refractivity contribution in [2.24, 2.45) is 0 Å². The van der Waals surface area contributed by atoms with Crippen molar-refractivity contribution in [2.45, 2.75) is 25.9 Å². The summed E-state index contributed by atoms with van der Waals surface area (Å²) in [5.74, 6) is 0.649. The molecule has 4 heterocycles. The SMILES string of the molecule is C[C@@H]1CN(c2ccc3nc(-c4ccc(F)cc4)c(-c4ccncc4)n3n2)C[C@H](C)N1. The quantitative estimate of drug-likeness (QED) is 0.565. The first-order chi connectivity index (χ1) is 14.6. The number of nitrogens with zero attached hydrogens (tertiary/aromatic N) is 5. The molecule has 30 heavy (non-hydrogen) atoms. The van der Waals surface area contributed by atoms with Crippen molar-refractivity contribution in [3.8, 4) is 22.5 Å². The largest absolute Gasteiger partial charge is 0.352 e. The zero-order chi connectivity index (χ0) is 20.7. The van der Waals surface area contributed by atoms with Gasteiger partial charge in [-0.05, 0) is 62.4 Å². The van der Waals surface area contributed by atoms with Crippen molar-refractivity contribution in [3.63, 3.8) is 0 Å². The molecule has 0 aliphatic carbocycles. The van der Waals surface area contributed by atoms with Crippen LogP contribution in [0.2, 0.25) is 0 Å². The highest BCUT2D eigenvalue weighted by atomic mass is 19.1. The van der Waals surface area contributed by atoms with Crippen LogP contribution in [0.4, 0.5) is 10.2 Å². The zero-order valence-electron chi connectivity index (χ0n) is 17.0. The van der Waals surface area contributed by atoms with Crippen LogP contribution in [-0.2, 0) is 0 Å². The standard InChI is InChI=1S/C23H23FN6/c1-15-13-29(14-16(2)26-15)21-8-7-20-27-22(17-3-5-19(24)6-4-17)23(30(20)28-21)18-9-11-25-12-10-18/h3-12,15-16,26H,13-14H2,1-2H3/t15-,16+. The number of anilines is 1. The Morgan fingerprint density at radius 3 is 2.30 bits per heavy atom. The van der Waals surface area contributed by atoms with Crippen molar-refractivity contribution in [2.75, 3.05) is 18.0 Å². The molecule has 3 aromatic heterocycles. The molecular weight excluding hydrogens is 379 g/mol. The van der Waals surface area contributed by atoms with Crippen molar-refractivity contribution < 1.29 is 4.39 Å². The molecule has 1 fully saturated rings. The monoisotopic (exact) mass is 402 g/mol. The normalized spacial score (nSPS) is 19.4. The van der Waals surface area contributed by atoms with Gasteiger partial charge in [-0.2, -0.15) is 0 Å². The van der Waals surface area contributed by atoms with Gasteiger partial charge in [0.15, 0.2) is 5.65 Å². The smallest absolute Gasteiger partial charge is 0.155 e. The number of halogens is 1. The van der Waals surface area contributed by atoms with E-state index in [4.69, 9.17) is 10.1 Å². The van der Waals surface area contributed by atoms with Gasteiger partial charge in [0.25, 0.3) is 0 Å². The predicted molar refractivity (Wildman–Crippen MR) is 116 cm³/mol. The summed E-state index contributed by atoms with van der Waals surface area (Å²) >= 11 is 0. The van der Waals surface area contributed by atoms with E-state index in [0.717, 1.165) is 47.1 Å². The maximum atomic E-state index is 13.5. The summed E-state index contributed by atoms with van der Waals surface area (Å²) in [6.07, 6.45) is 3.51. The van der Waals surface area contributed by atoms with E-state index in [2.05, 4.69) is 29.0 Å². The molecule has 1 N–H and O–H groups in total. The average molecular weight is 402 g/mol. The number of imidazole rings is 1. The summed E-state index contributed by atoms with van der Waals surface area (Å²) in [6, 6.07) is 15.1. The van der Waals surface area contributed by atoms with Gasteiger partial charge in [0, 0.05) is 48.7 Å². The van der Waals surface area contributed by atoms with Crippen LogP contribution in [-0.4, -0.2) is 44.8 Å². The Labute approximate surface area is 174 Å². The maximum Gasteiger partial charge on any atom is 0.155 e. The lowest BCUT2D eigenvalue weighted by molar-refractivity contribution is 0.404. The molecule has 0 bridgehead atoms. The van der Waals surface area contributed by atoms with E-state index in [1.54, 1.807) is 24.5 Å². The summed E-state index contributed by atoms with van der Waals surface area (Å²) in [5.41, 5.74) is 4.20. The van der Waals surface area contributed by atoms with Crippen LogP contribution in [0.25, 0.3) is 28.2 Å². The highest BCUT2D eigenvalue weighted by Gasteiger charge is 2.23. The van der Waals surface area contributed by atoms with Crippen LogP contribution in [0.15, 0.2) is 60.9 Å². The first kappa shape index (κ1) is 18.7. The number of pyridine rings is 1. The van der Waals surface area contributed by atoms with Gasteiger partial charge in [0.2, 0.25) is 0 Å². The third-order valence-corrected chi connectivity index (χ3v) is 5.42. The third-order valence-electron chi connectivity index (χ3n) is 5.42. The van der Waals surface area contributed by atoms with E-state index in [0.29, 0.717) is 12.1 Å². The second kappa shape index (κ2) is 7.50. The van der Waals surface area contributed by atoms with E-state index < -0.39 is 0 Å². The number of rotatable bonds is 3. The lowest BCUT2D eigenvalue weighted by atomic mass is 10.1. The highest BCUT2D eigenvalue weighted by molar-refractivity contribution is 5.81. The zero-order valence-corrected chi connectivity index (χ0v) is 17.0. The van der Waals surface area contributed by atoms with Crippen LogP contribution in [0.3, 0.4) is 0 Å². The lowest BCUT2D eigenvalue weighted by Gasteiger charge is -2.36. The van der Waals surface area contributed by atoms with Gasteiger partial charge in [-0.15, -0.1) is 5.10 Å². The van der Waals surface area contributed by atoms with Crippen LogP contribution >= 0.6 is 0 Å². The molecule has 5 rings (SSSR count). The van der Waals surface area contributed by atoms with E-state index >= 15 is 0 Å². The van der Waals surface area contributed by atoms with Crippen molar-refractivity contribution in [3.05, 3.63) is 66.7 Å². The van der Waals surface area contributed by atoms with Crippen molar-refractivity contribution >= 4 is 11.5 Å². The second-order valence-electron chi connectivity index (χ2n) is 7.89. The van der Waals surface area contributed by atoms with Crippen LogP contribution in [0, 0.1) is 5.82 Å². The van der Waals surface area contributed by atoms with Gasteiger partial charge < -0.3 is 10.2 Å². The van der Waals surface area contributed by atoms with Gasteiger partial charge in [0.05, 0.1) is 5.69 Å². The van der Waals surface area contributed by atoms with E-state index in [-0.39, 0.29) is 5.82 Å². The molecule has 7 heteroatoms. The number of piperazine rings is 1. The van der Waals surface area contributed by atoms with Crippen LogP contribution in [0.1, 0.15) is 13.8 Å². The van der Waals surface area contributed by atoms with Gasteiger partial charge in [0.1, 0.15) is 17.3 Å². The fraction of sp³-hybridized carbons (Fsp3) is 0.261. The molecule has 1 aliphatic rings. The molecule has 0 radical (unpaired) electrons. The molecule has 2 atom stereocenters.